The second kappa shape index (κ2) is 8.39. The van der Waals surface area contributed by atoms with Crippen LogP contribution in [0, 0.1) is 6.92 Å². The quantitative estimate of drug-likeness (QED) is 0.297. The maximum absolute atomic E-state index is 12.9. The Kier molecular flexibility index (Phi) is 6.00. The first-order valence-corrected chi connectivity index (χ1v) is 9.52. The van der Waals surface area contributed by atoms with Crippen LogP contribution in [0.2, 0.25) is 0 Å². The molecule has 1 heterocycles. The van der Waals surface area contributed by atoms with Gasteiger partial charge < -0.3 is 34.6 Å². The van der Waals surface area contributed by atoms with Gasteiger partial charge in [0.05, 0.1) is 7.11 Å². The highest BCUT2D eigenvalue weighted by atomic mass is 16.6. The maximum atomic E-state index is 12.9. The number of esters is 1. The van der Waals surface area contributed by atoms with Gasteiger partial charge in [0.2, 0.25) is 5.75 Å². The zero-order valence-corrected chi connectivity index (χ0v) is 17.5. The van der Waals surface area contributed by atoms with Crippen molar-refractivity contribution in [1.29, 1.82) is 0 Å². The third kappa shape index (κ3) is 4.04. The number of hydrogen-bond donors (Lipinski definition) is 4. The van der Waals surface area contributed by atoms with E-state index in [0.29, 0.717) is 5.57 Å². The van der Waals surface area contributed by atoms with Gasteiger partial charge in [-0.2, -0.15) is 0 Å². The molecule has 0 bridgehead atoms. The number of aliphatic hydroxyl groups is 1. The predicted molar refractivity (Wildman–Crippen MR) is 108 cm³/mol. The minimum Gasteiger partial charge on any atom is -0.504 e. The van der Waals surface area contributed by atoms with E-state index < -0.39 is 40.9 Å². The predicted octanol–water partition coefficient (Wildman–Crippen LogP) is 1.52. The summed E-state index contributed by atoms with van der Waals surface area (Å²) in [5.41, 5.74) is -1.34. The average Bonchev–Trinajstić information content (AvgIpc) is 2.72. The van der Waals surface area contributed by atoms with Gasteiger partial charge in [0.15, 0.2) is 22.9 Å². The van der Waals surface area contributed by atoms with Crippen molar-refractivity contribution in [1.82, 2.24) is 0 Å². The minimum atomic E-state index is -2.06. The van der Waals surface area contributed by atoms with Crippen molar-refractivity contribution in [3.8, 4) is 17.2 Å². The van der Waals surface area contributed by atoms with Gasteiger partial charge in [-0.15, -0.1) is 0 Å². The van der Waals surface area contributed by atoms with E-state index in [2.05, 4.69) is 0 Å². The molecule has 0 saturated heterocycles. The highest BCUT2D eigenvalue weighted by Gasteiger charge is 2.49. The standard InChI is InChI=1S/C22H22O10/c1-10-6-14(23)18(26)19(30-3)17(10)21(28)32-15-8-11-7-12(4-5-16(24)25)31-9-13(11)20(27)22(15,2)29/h4-7,15,23,26,29H,8-9H2,1-3H3,(H,24,25)/t15-,22-/m1/s1. The number of ether oxygens (including phenoxy) is 3. The van der Waals surface area contributed by atoms with E-state index in [9.17, 15) is 29.7 Å². The number of phenols is 2. The first kappa shape index (κ1) is 22.9. The van der Waals surface area contributed by atoms with Crippen molar-refractivity contribution in [2.45, 2.75) is 32.0 Å². The van der Waals surface area contributed by atoms with Crippen LogP contribution in [0.25, 0.3) is 0 Å². The van der Waals surface area contributed by atoms with Crippen LogP contribution in [0.15, 0.2) is 41.2 Å². The van der Waals surface area contributed by atoms with Crippen LogP contribution in [0.1, 0.15) is 29.3 Å². The summed E-state index contributed by atoms with van der Waals surface area (Å²) in [4.78, 5) is 36.5. The Balaban J connectivity index is 1.94. The molecule has 0 saturated carbocycles. The van der Waals surface area contributed by atoms with Gasteiger partial charge in [-0.1, -0.05) is 0 Å². The normalized spacial score (nSPS) is 22.8. The van der Waals surface area contributed by atoms with Crippen molar-refractivity contribution in [2.24, 2.45) is 0 Å². The molecule has 2 atom stereocenters. The van der Waals surface area contributed by atoms with Crippen molar-refractivity contribution < 1.29 is 49.0 Å². The van der Waals surface area contributed by atoms with Gasteiger partial charge in [-0.25, -0.2) is 9.59 Å². The van der Waals surface area contributed by atoms with Gasteiger partial charge in [-0.05, 0) is 43.2 Å². The third-order valence-electron chi connectivity index (χ3n) is 5.33. The maximum Gasteiger partial charge on any atom is 0.342 e. The molecule has 0 aromatic heterocycles. The van der Waals surface area contributed by atoms with Crippen LogP contribution >= 0.6 is 0 Å². The minimum absolute atomic E-state index is 0.0426. The lowest BCUT2D eigenvalue weighted by Gasteiger charge is -2.38. The number of ketones is 1. The summed E-state index contributed by atoms with van der Waals surface area (Å²) in [6, 6.07) is 1.15. The molecule has 1 aliphatic carbocycles. The number of carbonyl (C=O) groups is 3. The Hall–Kier alpha value is -3.79. The van der Waals surface area contributed by atoms with Crippen LogP contribution in [-0.4, -0.2) is 63.6 Å². The van der Waals surface area contributed by atoms with E-state index in [1.807, 2.05) is 0 Å². The largest absolute Gasteiger partial charge is 0.504 e. The van der Waals surface area contributed by atoms with Crippen molar-refractivity contribution in [2.75, 3.05) is 13.7 Å². The van der Waals surface area contributed by atoms with E-state index in [4.69, 9.17) is 19.3 Å². The zero-order chi connectivity index (χ0) is 23.8. The molecule has 4 N–H and O–H groups in total. The van der Waals surface area contributed by atoms with Gasteiger partial charge in [-0.3, -0.25) is 4.79 Å². The van der Waals surface area contributed by atoms with E-state index in [1.54, 1.807) is 0 Å². The number of carbonyl (C=O) groups excluding carboxylic acids is 2. The molecule has 0 spiro atoms. The van der Waals surface area contributed by atoms with Crippen LogP contribution in [0.3, 0.4) is 0 Å². The van der Waals surface area contributed by atoms with Crippen molar-refractivity contribution >= 4 is 17.7 Å². The number of phenolic OH excluding ortho intramolecular Hbond substituents is 2. The summed E-state index contributed by atoms with van der Waals surface area (Å²) in [6.07, 6.45) is 2.21. The van der Waals surface area contributed by atoms with Crippen molar-refractivity contribution in [3.63, 3.8) is 0 Å². The fourth-order valence-electron chi connectivity index (χ4n) is 3.60. The lowest BCUT2D eigenvalue weighted by molar-refractivity contribution is -0.146. The molecule has 3 rings (SSSR count). The number of aryl methyl sites for hydroxylation is 1. The van der Waals surface area contributed by atoms with Gasteiger partial charge in [0.1, 0.15) is 24.0 Å². The van der Waals surface area contributed by atoms with Crippen LogP contribution in [0.4, 0.5) is 0 Å². The number of hydrogen-bond acceptors (Lipinski definition) is 9. The van der Waals surface area contributed by atoms with Gasteiger partial charge >= 0.3 is 11.9 Å². The molecule has 0 amide bonds. The highest BCUT2D eigenvalue weighted by Crippen LogP contribution is 2.42. The number of aliphatic carboxylic acids is 1. The molecule has 1 aromatic carbocycles. The molecule has 170 valence electrons. The van der Waals surface area contributed by atoms with E-state index in [-0.39, 0.29) is 41.2 Å². The molecule has 0 radical (unpaired) electrons. The van der Waals surface area contributed by atoms with Crippen LogP contribution < -0.4 is 4.74 Å². The molecule has 10 nitrogen and oxygen atoms in total. The fraction of sp³-hybridized carbons (Fsp3) is 0.318. The van der Waals surface area contributed by atoms with E-state index in [0.717, 1.165) is 12.1 Å². The topological polar surface area (TPSA) is 160 Å². The Bertz CT molecular complexity index is 1090. The number of Topliss-reactive ketones (excluding diaryl/α,β-unsaturated/α-hetero) is 1. The second-order valence-corrected chi connectivity index (χ2v) is 7.55. The summed E-state index contributed by atoms with van der Waals surface area (Å²) < 4.78 is 15.9. The van der Waals surface area contributed by atoms with E-state index in [1.165, 1.54) is 33.1 Å². The third-order valence-corrected chi connectivity index (χ3v) is 5.33. The number of carboxylic acid groups (broad SMARTS) is 1. The summed E-state index contributed by atoms with van der Waals surface area (Å²) in [7, 11) is 1.20. The molecule has 0 fully saturated rings. The Labute approximate surface area is 182 Å². The summed E-state index contributed by atoms with van der Waals surface area (Å²) in [5, 5.41) is 39.4. The molecular weight excluding hydrogens is 424 g/mol. The molecule has 10 heteroatoms. The molecule has 32 heavy (non-hydrogen) atoms. The lowest BCUT2D eigenvalue weighted by atomic mass is 9.77. The number of aromatic hydroxyl groups is 2. The Morgan fingerprint density at radius 2 is 2.00 bits per heavy atom. The van der Waals surface area contributed by atoms with Gasteiger partial charge in [0, 0.05) is 18.1 Å². The van der Waals surface area contributed by atoms with Gasteiger partial charge in [0.25, 0.3) is 0 Å². The Morgan fingerprint density at radius 3 is 2.62 bits per heavy atom. The number of allylic oxidation sites excluding steroid dienone is 2. The lowest BCUT2D eigenvalue weighted by Crippen LogP contribution is -2.53. The summed E-state index contributed by atoms with van der Waals surface area (Å²) in [6.45, 7) is 2.55. The molecular formula is C22H22O10. The molecule has 1 aliphatic heterocycles. The SMILES string of the molecule is COc1c(O)c(O)cc(C)c1C(=O)O[C@@H]1CC2=C(COC(C=CC(=O)O)=C2)C(=O)[C@]1(C)O. The number of carboxylic acids is 1. The number of methoxy groups -OCH3 is 1. The number of rotatable bonds is 5. The van der Waals surface area contributed by atoms with Crippen molar-refractivity contribution in [3.05, 3.63) is 52.3 Å². The fourth-order valence-corrected chi connectivity index (χ4v) is 3.60. The molecule has 1 aromatic rings. The molecule has 0 unspecified atom stereocenters. The first-order chi connectivity index (χ1) is 15.0. The second-order valence-electron chi connectivity index (χ2n) is 7.55. The Morgan fingerprint density at radius 1 is 1.31 bits per heavy atom. The summed E-state index contributed by atoms with van der Waals surface area (Å²) >= 11 is 0. The van der Waals surface area contributed by atoms with Crippen LogP contribution in [-0.2, 0) is 19.1 Å². The number of benzene rings is 1. The monoisotopic (exact) mass is 446 g/mol. The zero-order valence-electron chi connectivity index (χ0n) is 17.5. The molecule has 2 aliphatic rings. The average molecular weight is 446 g/mol. The summed E-state index contributed by atoms with van der Waals surface area (Å²) in [5.74, 6) is -4.08. The van der Waals surface area contributed by atoms with E-state index >= 15 is 0 Å². The first-order valence-electron chi connectivity index (χ1n) is 9.52. The highest BCUT2D eigenvalue weighted by molar-refractivity contribution is 6.05. The smallest absolute Gasteiger partial charge is 0.342 e. The van der Waals surface area contributed by atoms with Crippen LogP contribution in [0.5, 0.6) is 17.2 Å².